The fraction of sp³-hybridized carbons (Fsp3) is 0.130. The van der Waals surface area contributed by atoms with Gasteiger partial charge in [-0.2, -0.15) is 0 Å². The molecule has 4 nitrogen and oxygen atoms in total. The van der Waals surface area contributed by atoms with Gasteiger partial charge >= 0.3 is 5.97 Å². The summed E-state index contributed by atoms with van der Waals surface area (Å²) >= 11 is 0. The maximum absolute atomic E-state index is 12.2. The molecule has 4 heteroatoms. The second-order valence-corrected chi connectivity index (χ2v) is 6.22. The monoisotopic (exact) mass is 359 g/mol. The fourth-order valence-electron chi connectivity index (χ4n) is 2.75. The Bertz CT molecular complexity index is 890. The molecule has 0 spiro atoms. The van der Waals surface area contributed by atoms with E-state index in [0.29, 0.717) is 5.56 Å². The summed E-state index contributed by atoms with van der Waals surface area (Å²) in [5, 5.41) is 2.82. The number of hydrogen-bond acceptors (Lipinski definition) is 3. The van der Waals surface area contributed by atoms with Gasteiger partial charge in [0.15, 0.2) is 6.61 Å². The minimum Gasteiger partial charge on any atom is -0.452 e. The molecule has 3 aromatic carbocycles. The van der Waals surface area contributed by atoms with Crippen molar-refractivity contribution >= 4 is 11.9 Å². The Morgan fingerprint density at radius 1 is 0.815 bits per heavy atom. The molecule has 3 aromatic rings. The van der Waals surface area contributed by atoms with E-state index in [0.717, 1.165) is 16.7 Å². The summed E-state index contributed by atoms with van der Waals surface area (Å²) in [5.74, 6) is -0.849. The average molecular weight is 359 g/mol. The van der Waals surface area contributed by atoms with Crippen LogP contribution in [0.2, 0.25) is 0 Å². The Balaban J connectivity index is 1.52. The number of benzene rings is 3. The van der Waals surface area contributed by atoms with Crippen LogP contribution in [0.15, 0.2) is 84.9 Å². The zero-order valence-corrected chi connectivity index (χ0v) is 15.1. The minimum absolute atomic E-state index is 0.150. The van der Waals surface area contributed by atoms with E-state index in [-0.39, 0.29) is 18.6 Å². The molecule has 3 rings (SSSR count). The molecule has 0 aliphatic heterocycles. The van der Waals surface area contributed by atoms with E-state index >= 15 is 0 Å². The third-order valence-corrected chi connectivity index (χ3v) is 4.24. The summed E-state index contributed by atoms with van der Waals surface area (Å²) in [5.41, 5.74) is 3.50. The van der Waals surface area contributed by atoms with E-state index in [1.807, 2.05) is 79.7 Å². The van der Waals surface area contributed by atoms with E-state index in [2.05, 4.69) is 5.32 Å². The summed E-state index contributed by atoms with van der Waals surface area (Å²) in [7, 11) is 0. The molecule has 27 heavy (non-hydrogen) atoms. The van der Waals surface area contributed by atoms with Gasteiger partial charge in [0, 0.05) is 0 Å². The molecule has 0 saturated heterocycles. The molecule has 0 radical (unpaired) electrons. The molecule has 1 atom stereocenters. The number of esters is 1. The Kier molecular flexibility index (Phi) is 6.00. The number of hydrogen-bond donors (Lipinski definition) is 1. The van der Waals surface area contributed by atoms with Crippen molar-refractivity contribution < 1.29 is 14.3 Å². The van der Waals surface area contributed by atoms with Gasteiger partial charge in [0.2, 0.25) is 0 Å². The number of ether oxygens (including phenoxy) is 1. The number of carbonyl (C=O) groups is 2. The molecular weight excluding hydrogens is 338 g/mol. The predicted octanol–water partition coefficient (Wildman–Crippen LogP) is 4.39. The van der Waals surface area contributed by atoms with Crippen LogP contribution in [-0.4, -0.2) is 18.5 Å². The van der Waals surface area contributed by atoms with Gasteiger partial charge in [0.25, 0.3) is 5.91 Å². The van der Waals surface area contributed by atoms with E-state index in [4.69, 9.17) is 4.74 Å². The van der Waals surface area contributed by atoms with E-state index in [9.17, 15) is 9.59 Å². The van der Waals surface area contributed by atoms with Crippen molar-refractivity contribution in [2.24, 2.45) is 0 Å². The van der Waals surface area contributed by atoms with Crippen LogP contribution >= 0.6 is 0 Å². The standard InChI is InChI=1S/C23H21NO3/c1-17(18-8-4-2-5-9-18)24-22(25)16-27-23(26)21-14-12-20(13-15-21)19-10-6-3-7-11-19/h2-15,17H,16H2,1H3,(H,24,25). The predicted molar refractivity (Wildman–Crippen MR) is 105 cm³/mol. The Hall–Kier alpha value is -3.40. The van der Waals surface area contributed by atoms with Crippen molar-refractivity contribution in [2.75, 3.05) is 6.61 Å². The van der Waals surface area contributed by atoms with Gasteiger partial charge in [-0.1, -0.05) is 72.8 Å². The molecule has 136 valence electrons. The van der Waals surface area contributed by atoms with E-state index < -0.39 is 5.97 Å². The highest BCUT2D eigenvalue weighted by Crippen LogP contribution is 2.19. The zero-order chi connectivity index (χ0) is 19.1. The van der Waals surface area contributed by atoms with Gasteiger partial charge in [-0.05, 0) is 35.7 Å². The lowest BCUT2D eigenvalue weighted by Crippen LogP contribution is -2.31. The van der Waals surface area contributed by atoms with Crippen molar-refractivity contribution in [3.05, 3.63) is 96.1 Å². The molecule has 1 unspecified atom stereocenters. The van der Waals surface area contributed by atoms with Crippen LogP contribution < -0.4 is 5.32 Å². The van der Waals surface area contributed by atoms with Crippen molar-refractivity contribution in [2.45, 2.75) is 13.0 Å². The number of amides is 1. The van der Waals surface area contributed by atoms with E-state index in [1.54, 1.807) is 12.1 Å². The number of rotatable bonds is 6. The Labute approximate surface area is 158 Å². The van der Waals surface area contributed by atoms with Crippen LogP contribution in [0, 0.1) is 0 Å². The van der Waals surface area contributed by atoms with Crippen LogP contribution in [0.5, 0.6) is 0 Å². The van der Waals surface area contributed by atoms with Crippen LogP contribution in [0.25, 0.3) is 11.1 Å². The third-order valence-electron chi connectivity index (χ3n) is 4.24. The molecule has 0 fully saturated rings. The van der Waals surface area contributed by atoms with Crippen LogP contribution in [0.1, 0.15) is 28.9 Å². The summed E-state index contributed by atoms with van der Waals surface area (Å²) < 4.78 is 5.12. The van der Waals surface area contributed by atoms with Crippen molar-refractivity contribution in [1.29, 1.82) is 0 Å². The Morgan fingerprint density at radius 3 is 2.00 bits per heavy atom. The van der Waals surface area contributed by atoms with Crippen molar-refractivity contribution in [3.63, 3.8) is 0 Å². The molecule has 0 aliphatic rings. The highest BCUT2D eigenvalue weighted by Gasteiger charge is 2.13. The molecule has 0 saturated carbocycles. The van der Waals surface area contributed by atoms with Gasteiger partial charge in [-0.25, -0.2) is 4.79 Å². The van der Waals surface area contributed by atoms with Gasteiger partial charge < -0.3 is 10.1 Å². The fourth-order valence-corrected chi connectivity index (χ4v) is 2.75. The molecule has 0 aromatic heterocycles. The van der Waals surface area contributed by atoms with Gasteiger partial charge in [0.05, 0.1) is 11.6 Å². The number of nitrogens with one attached hydrogen (secondary N) is 1. The van der Waals surface area contributed by atoms with Crippen molar-refractivity contribution in [1.82, 2.24) is 5.32 Å². The largest absolute Gasteiger partial charge is 0.452 e. The first kappa shape index (κ1) is 18.4. The third kappa shape index (κ3) is 5.05. The number of carbonyl (C=O) groups excluding carboxylic acids is 2. The topological polar surface area (TPSA) is 55.4 Å². The first-order valence-electron chi connectivity index (χ1n) is 8.80. The van der Waals surface area contributed by atoms with E-state index in [1.165, 1.54) is 0 Å². The molecule has 0 heterocycles. The normalized spacial score (nSPS) is 11.4. The van der Waals surface area contributed by atoms with Gasteiger partial charge in [-0.3, -0.25) is 4.79 Å². The molecule has 1 N–H and O–H groups in total. The second-order valence-electron chi connectivity index (χ2n) is 6.22. The van der Waals surface area contributed by atoms with Gasteiger partial charge in [0.1, 0.15) is 0 Å². The lowest BCUT2D eigenvalue weighted by molar-refractivity contribution is -0.124. The lowest BCUT2D eigenvalue weighted by Gasteiger charge is -2.14. The second kappa shape index (κ2) is 8.81. The Morgan fingerprint density at radius 2 is 1.37 bits per heavy atom. The highest BCUT2D eigenvalue weighted by atomic mass is 16.5. The van der Waals surface area contributed by atoms with Crippen LogP contribution in [-0.2, 0) is 9.53 Å². The maximum Gasteiger partial charge on any atom is 0.338 e. The summed E-state index contributed by atoms with van der Waals surface area (Å²) in [4.78, 5) is 24.2. The van der Waals surface area contributed by atoms with Crippen LogP contribution in [0.4, 0.5) is 0 Å². The van der Waals surface area contributed by atoms with Crippen LogP contribution in [0.3, 0.4) is 0 Å². The maximum atomic E-state index is 12.2. The average Bonchev–Trinajstić information content (AvgIpc) is 2.73. The zero-order valence-electron chi connectivity index (χ0n) is 15.1. The minimum atomic E-state index is -0.517. The first-order valence-corrected chi connectivity index (χ1v) is 8.80. The quantitative estimate of drug-likeness (QED) is 0.664. The van der Waals surface area contributed by atoms with Gasteiger partial charge in [-0.15, -0.1) is 0 Å². The molecular formula is C23H21NO3. The smallest absolute Gasteiger partial charge is 0.338 e. The summed E-state index contributed by atoms with van der Waals surface area (Å²) in [6, 6.07) is 26.5. The molecule has 0 aliphatic carbocycles. The SMILES string of the molecule is CC(NC(=O)COC(=O)c1ccc(-c2ccccc2)cc1)c1ccccc1. The molecule has 0 bridgehead atoms. The lowest BCUT2D eigenvalue weighted by atomic mass is 10.0. The highest BCUT2D eigenvalue weighted by molar-refractivity contribution is 5.91. The van der Waals surface area contributed by atoms with Crippen molar-refractivity contribution in [3.8, 4) is 11.1 Å². The molecule has 1 amide bonds. The first-order chi connectivity index (χ1) is 13.1. The summed E-state index contributed by atoms with van der Waals surface area (Å²) in [6.45, 7) is 1.58. The summed E-state index contributed by atoms with van der Waals surface area (Å²) in [6.07, 6.45) is 0.